The molecule has 0 radical (unpaired) electrons. The monoisotopic (exact) mass is 679 g/mol. The summed E-state index contributed by atoms with van der Waals surface area (Å²) in [4.78, 5) is 28.2. The molecule has 0 atom stereocenters. The van der Waals surface area contributed by atoms with Crippen LogP contribution < -0.4 is 34.3 Å². The lowest BCUT2D eigenvalue weighted by Gasteiger charge is -2.32. The third kappa shape index (κ3) is 8.66. The van der Waals surface area contributed by atoms with Crippen molar-refractivity contribution in [1.82, 2.24) is 4.90 Å². The number of halogens is 3. The fourth-order valence-corrected chi connectivity index (χ4v) is 5.63. The number of nitrogens with one attached hydrogen (secondary N) is 2. The number of likely N-dealkylation sites (tertiary alicyclic amines) is 1. The molecule has 4 aromatic rings. The predicted molar refractivity (Wildman–Crippen MR) is 178 cm³/mol. The summed E-state index contributed by atoms with van der Waals surface area (Å²) in [7, 11) is 4.51. The number of amides is 3. The van der Waals surface area contributed by atoms with E-state index in [0.29, 0.717) is 77.0 Å². The maximum Gasteiger partial charge on any atom is 0.573 e. The van der Waals surface area contributed by atoms with Crippen molar-refractivity contribution in [3.63, 3.8) is 0 Å². The lowest BCUT2D eigenvalue weighted by molar-refractivity contribution is -0.274. The van der Waals surface area contributed by atoms with Gasteiger partial charge < -0.3 is 39.2 Å². The van der Waals surface area contributed by atoms with E-state index in [4.69, 9.17) is 18.9 Å². The van der Waals surface area contributed by atoms with Gasteiger partial charge >= 0.3 is 12.4 Å². The van der Waals surface area contributed by atoms with E-state index >= 15 is 0 Å². The highest BCUT2D eigenvalue weighted by Crippen LogP contribution is 2.40. The summed E-state index contributed by atoms with van der Waals surface area (Å²) in [6.07, 6.45) is -3.76. The quantitative estimate of drug-likeness (QED) is 0.175. The van der Waals surface area contributed by atoms with Crippen LogP contribution in [0.1, 0.15) is 28.8 Å². The standard InChI is InChI=1S/C36H36F3N3O7/c1-22-7-5-10-29(32(22)23-11-13-27(14-12-23)49-36(37,38)39)34(43)40-24-8-6-9-28(19-24)48-26-15-17-42(18-16-26)35(44)41-25-20-30(45-2)33(47-4)31(21-25)46-3/h5-14,19-21,26H,15-18H2,1-4H3,(H,40,43)(H,41,44). The normalized spacial score (nSPS) is 13.3. The third-order valence-corrected chi connectivity index (χ3v) is 7.93. The minimum absolute atomic E-state index is 0.149. The van der Waals surface area contributed by atoms with Gasteiger partial charge in [0.1, 0.15) is 17.6 Å². The number of rotatable bonds is 10. The van der Waals surface area contributed by atoms with E-state index in [1.54, 1.807) is 53.4 Å². The van der Waals surface area contributed by atoms with E-state index in [2.05, 4.69) is 15.4 Å². The zero-order valence-electron chi connectivity index (χ0n) is 27.4. The zero-order chi connectivity index (χ0) is 35.1. The van der Waals surface area contributed by atoms with Gasteiger partial charge in [-0.2, -0.15) is 0 Å². The van der Waals surface area contributed by atoms with Crippen molar-refractivity contribution in [2.45, 2.75) is 32.2 Å². The molecule has 13 heteroatoms. The topological polar surface area (TPSA) is 108 Å². The van der Waals surface area contributed by atoms with Gasteiger partial charge in [-0.15, -0.1) is 13.2 Å². The van der Waals surface area contributed by atoms with Gasteiger partial charge in [-0.1, -0.05) is 30.3 Å². The summed E-state index contributed by atoms with van der Waals surface area (Å²) in [5.74, 6) is 1.10. The number of methoxy groups -OCH3 is 3. The molecule has 0 aliphatic carbocycles. The summed E-state index contributed by atoms with van der Waals surface area (Å²) in [5, 5.41) is 5.79. The second kappa shape index (κ2) is 15.1. The summed E-state index contributed by atoms with van der Waals surface area (Å²) < 4.78 is 64.2. The number of anilines is 2. The van der Waals surface area contributed by atoms with Gasteiger partial charge in [0.15, 0.2) is 11.5 Å². The Bertz CT molecular complexity index is 1760. The maximum atomic E-state index is 13.5. The lowest BCUT2D eigenvalue weighted by Crippen LogP contribution is -2.43. The molecule has 0 spiro atoms. The summed E-state index contributed by atoms with van der Waals surface area (Å²) in [6.45, 7) is 2.76. The highest BCUT2D eigenvalue weighted by Gasteiger charge is 2.31. The second-order valence-electron chi connectivity index (χ2n) is 11.2. The number of piperidine rings is 1. The van der Waals surface area contributed by atoms with Crippen LogP contribution in [0.5, 0.6) is 28.7 Å². The van der Waals surface area contributed by atoms with Crippen LogP contribution in [0, 0.1) is 6.92 Å². The van der Waals surface area contributed by atoms with Crippen LogP contribution in [-0.4, -0.2) is 63.7 Å². The lowest BCUT2D eigenvalue weighted by atomic mass is 9.94. The Labute approximate surface area is 281 Å². The van der Waals surface area contributed by atoms with E-state index in [-0.39, 0.29) is 17.9 Å². The Kier molecular flexibility index (Phi) is 10.7. The number of ether oxygens (including phenoxy) is 5. The van der Waals surface area contributed by atoms with Gasteiger partial charge in [0.25, 0.3) is 5.91 Å². The van der Waals surface area contributed by atoms with Crippen LogP contribution in [-0.2, 0) is 0 Å². The first-order valence-corrected chi connectivity index (χ1v) is 15.4. The summed E-state index contributed by atoms with van der Waals surface area (Å²) >= 11 is 0. The van der Waals surface area contributed by atoms with Crippen molar-refractivity contribution >= 4 is 23.3 Å². The highest BCUT2D eigenvalue weighted by atomic mass is 19.4. The number of nitrogens with zero attached hydrogens (tertiary/aromatic N) is 1. The van der Waals surface area contributed by atoms with Crippen LogP contribution in [0.3, 0.4) is 0 Å². The van der Waals surface area contributed by atoms with Crippen LogP contribution in [0.15, 0.2) is 78.9 Å². The second-order valence-corrected chi connectivity index (χ2v) is 11.2. The number of benzene rings is 4. The Balaban J connectivity index is 1.19. The first-order valence-electron chi connectivity index (χ1n) is 15.4. The molecule has 0 unspecified atom stereocenters. The van der Waals surface area contributed by atoms with Crippen molar-refractivity contribution in [3.8, 4) is 39.9 Å². The molecule has 1 aliphatic heterocycles. The average Bonchev–Trinajstić information content (AvgIpc) is 3.08. The molecule has 1 fully saturated rings. The number of hydrogen-bond acceptors (Lipinski definition) is 7. The first-order chi connectivity index (χ1) is 23.5. The number of alkyl halides is 3. The molecular formula is C36H36F3N3O7. The van der Waals surface area contributed by atoms with Crippen molar-refractivity contribution in [1.29, 1.82) is 0 Å². The molecule has 0 saturated carbocycles. The number of hydrogen-bond donors (Lipinski definition) is 2. The molecule has 3 amide bonds. The molecule has 49 heavy (non-hydrogen) atoms. The third-order valence-electron chi connectivity index (χ3n) is 7.93. The smallest absolute Gasteiger partial charge is 0.493 e. The maximum absolute atomic E-state index is 13.5. The van der Waals surface area contributed by atoms with Gasteiger partial charge in [-0.05, 0) is 53.9 Å². The highest BCUT2D eigenvalue weighted by molar-refractivity contribution is 6.09. The summed E-state index contributed by atoms with van der Waals surface area (Å²) in [6, 6.07) is 20.7. The molecule has 1 saturated heterocycles. The molecule has 0 bridgehead atoms. The Morgan fingerprint density at radius 1 is 0.776 bits per heavy atom. The van der Waals surface area contributed by atoms with E-state index in [1.807, 2.05) is 13.0 Å². The predicted octanol–water partition coefficient (Wildman–Crippen LogP) is 7.91. The fourth-order valence-electron chi connectivity index (χ4n) is 5.63. The SMILES string of the molecule is COc1cc(NC(=O)N2CCC(Oc3cccc(NC(=O)c4cccc(C)c4-c4ccc(OC(F)(F)F)cc4)c3)CC2)cc(OC)c1OC. The van der Waals surface area contributed by atoms with Gasteiger partial charge in [0.05, 0.1) is 27.0 Å². The van der Waals surface area contributed by atoms with Crippen molar-refractivity contribution < 1.29 is 46.4 Å². The Hall–Kier alpha value is -5.59. The molecule has 1 heterocycles. The van der Waals surface area contributed by atoms with E-state index in [9.17, 15) is 22.8 Å². The first kappa shape index (κ1) is 34.7. The van der Waals surface area contributed by atoms with Gasteiger partial charge in [0.2, 0.25) is 5.75 Å². The van der Waals surface area contributed by atoms with Crippen molar-refractivity contribution in [2.24, 2.45) is 0 Å². The minimum atomic E-state index is -4.80. The molecule has 0 aromatic heterocycles. The summed E-state index contributed by atoms with van der Waals surface area (Å²) in [5.41, 5.74) is 3.30. The van der Waals surface area contributed by atoms with E-state index in [1.165, 1.54) is 45.6 Å². The minimum Gasteiger partial charge on any atom is -0.493 e. The number of aryl methyl sites for hydroxylation is 1. The van der Waals surface area contributed by atoms with Crippen LogP contribution in [0.4, 0.5) is 29.3 Å². The van der Waals surface area contributed by atoms with Gasteiger partial charge in [-0.3, -0.25) is 4.79 Å². The van der Waals surface area contributed by atoms with Crippen LogP contribution in [0.2, 0.25) is 0 Å². The molecule has 4 aromatic carbocycles. The van der Waals surface area contributed by atoms with Crippen molar-refractivity contribution in [3.05, 3.63) is 90.0 Å². The molecular weight excluding hydrogens is 643 g/mol. The van der Waals surface area contributed by atoms with Crippen molar-refractivity contribution in [2.75, 3.05) is 45.1 Å². The largest absolute Gasteiger partial charge is 0.573 e. The van der Waals surface area contributed by atoms with Crippen LogP contribution in [0.25, 0.3) is 11.1 Å². The Morgan fingerprint density at radius 2 is 1.43 bits per heavy atom. The molecule has 1 aliphatic rings. The number of carbonyl (C=O) groups is 2. The number of urea groups is 1. The van der Waals surface area contributed by atoms with Gasteiger partial charge in [-0.25, -0.2) is 4.79 Å². The number of carbonyl (C=O) groups excluding carboxylic acids is 2. The Morgan fingerprint density at radius 3 is 2.04 bits per heavy atom. The fraction of sp³-hybridized carbons (Fsp3) is 0.278. The molecule has 10 nitrogen and oxygen atoms in total. The van der Waals surface area contributed by atoms with E-state index < -0.39 is 12.3 Å². The average molecular weight is 680 g/mol. The zero-order valence-corrected chi connectivity index (χ0v) is 27.4. The van der Waals surface area contributed by atoms with Crippen LogP contribution >= 0.6 is 0 Å². The molecule has 2 N–H and O–H groups in total. The molecule has 5 rings (SSSR count). The van der Waals surface area contributed by atoms with E-state index in [0.717, 1.165) is 5.56 Å². The van der Waals surface area contributed by atoms with Gasteiger partial charge in [0, 0.05) is 55.4 Å². The molecule has 258 valence electrons.